The lowest BCUT2D eigenvalue weighted by Gasteiger charge is -2.15. The van der Waals surface area contributed by atoms with Crippen molar-refractivity contribution in [3.8, 4) is 5.75 Å². The number of nitrogens with zero attached hydrogens (tertiary/aromatic N) is 2. The Balaban J connectivity index is 1.41. The second-order valence-corrected chi connectivity index (χ2v) is 5.59. The van der Waals surface area contributed by atoms with E-state index in [1.807, 2.05) is 42.1 Å². The Morgan fingerprint density at radius 1 is 1.39 bits per heavy atom. The summed E-state index contributed by atoms with van der Waals surface area (Å²) in [5.74, 6) is 0.571. The summed E-state index contributed by atoms with van der Waals surface area (Å²) in [6.45, 7) is 4.59. The van der Waals surface area contributed by atoms with Crippen molar-refractivity contribution in [1.82, 2.24) is 15.1 Å². The van der Waals surface area contributed by atoms with Crippen LogP contribution in [-0.2, 0) is 29.1 Å². The van der Waals surface area contributed by atoms with Gasteiger partial charge in [-0.15, -0.1) is 0 Å². The van der Waals surface area contributed by atoms with Crippen LogP contribution in [0, 0.1) is 6.92 Å². The van der Waals surface area contributed by atoms with E-state index in [4.69, 9.17) is 9.47 Å². The number of aromatic nitrogens is 2. The standard InChI is InChI=1S/C17H21N3O3/c1-13-2-4-15(5-3-13)23-12-17(21)18-7-8-20-16-6-9-22-11-14(16)10-19-20/h2-5,10H,6-9,11-12H2,1H3,(H,18,21). The molecule has 2 heterocycles. The number of fused-ring (bicyclic) bond motifs is 1. The van der Waals surface area contributed by atoms with Crippen LogP contribution in [-0.4, -0.2) is 35.4 Å². The monoisotopic (exact) mass is 315 g/mol. The average Bonchev–Trinajstić information content (AvgIpc) is 2.98. The Morgan fingerprint density at radius 3 is 3.04 bits per heavy atom. The maximum atomic E-state index is 11.8. The maximum absolute atomic E-state index is 11.8. The number of nitrogens with one attached hydrogen (secondary N) is 1. The molecule has 23 heavy (non-hydrogen) atoms. The molecule has 0 aliphatic carbocycles. The van der Waals surface area contributed by atoms with E-state index in [0.717, 1.165) is 24.2 Å². The molecule has 1 aromatic carbocycles. The van der Waals surface area contributed by atoms with Crippen molar-refractivity contribution in [1.29, 1.82) is 0 Å². The molecule has 0 saturated carbocycles. The number of hydrogen-bond donors (Lipinski definition) is 1. The zero-order valence-corrected chi connectivity index (χ0v) is 13.2. The van der Waals surface area contributed by atoms with Crippen molar-refractivity contribution < 1.29 is 14.3 Å². The number of hydrogen-bond acceptors (Lipinski definition) is 4. The Kier molecular flexibility index (Phi) is 4.92. The predicted molar refractivity (Wildman–Crippen MR) is 85.3 cm³/mol. The summed E-state index contributed by atoms with van der Waals surface area (Å²) in [4.78, 5) is 11.8. The highest BCUT2D eigenvalue weighted by Gasteiger charge is 2.15. The lowest BCUT2D eigenvalue weighted by molar-refractivity contribution is -0.123. The Bertz CT molecular complexity index is 664. The van der Waals surface area contributed by atoms with Gasteiger partial charge in [0.1, 0.15) is 5.75 Å². The zero-order chi connectivity index (χ0) is 16.1. The molecule has 1 amide bonds. The predicted octanol–water partition coefficient (Wildman–Crippen LogP) is 1.46. The number of carbonyl (C=O) groups excluding carboxylic acids is 1. The van der Waals surface area contributed by atoms with Gasteiger partial charge in [0.2, 0.25) is 0 Å². The molecule has 0 saturated heterocycles. The van der Waals surface area contributed by atoms with Gasteiger partial charge in [-0.1, -0.05) is 17.7 Å². The first-order valence-electron chi connectivity index (χ1n) is 7.80. The first-order valence-corrected chi connectivity index (χ1v) is 7.80. The van der Waals surface area contributed by atoms with Gasteiger partial charge in [0.25, 0.3) is 5.91 Å². The summed E-state index contributed by atoms with van der Waals surface area (Å²) >= 11 is 0. The molecule has 0 fully saturated rings. The lowest BCUT2D eigenvalue weighted by Crippen LogP contribution is -2.32. The summed E-state index contributed by atoms with van der Waals surface area (Å²) in [7, 11) is 0. The third-order valence-electron chi connectivity index (χ3n) is 3.81. The van der Waals surface area contributed by atoms with Gasteiger partial charge in [-0.05, 0) is 19.1 Å². The second kappa shape index (κ2) is 7.28. The van der Waals surface area contributed by atoms with E-state index < -0.39 is 0 Å². The van der Waals surface area contributed by atoms with E-state index in [2.05, 4.69) is 10.4 Å². The molecule has 0 unspecified atom stereocenters. The summed E-state index contributed by atoms with van der Waals surface area (Å²) in [6.07, 6.45) is 2.72. The van der Waals surface area contributed by atoms with Gasteiger partial charge in [-0.3, -0.25) is 9.48 Å². The minimum Gasteiger partial charge on any atom is -0.484 e. The zero-order valence-electron chi connectivity index (χ0n) is 13.2. The van der Waals surface area contributed by atoms with Crippen LogP contribution < -0.4 is 10.1 Å². The molecule has 0 bridgehead atoms. The van der Waals surface area contributed by atoms with Crippen molar-refractivity contribution in [2.24, 2.45) is 0 Å². The van der Waals surface area contributed by atoms with Gasteiger partial charge >= 0.3 is 0 Å². The number of carbonyl (C=O) groups is 1. The van der Waals surface area contributed by atoms with Crippen LogP contribution in [0.1, 0.15) is 16.8 Å². The summed E-state index contributed by atoms with van der Waals surface area (Å²) < 4.78 is 12.8. The summed E-state index contributed by atoms with van der Waals surface area (Å²) in [6, 6.07) is 7.64. The van der Waals surface area contributed by atoms with Gasteiger partial charge in [0.15, 0.2) is 6.61 Å². The van der Waals surface area contributed by atoms with Crippen molar-refractivity contribution in [2.45, 2.75) is 26.5 Å². The highest BCUT2D eigenvalue weighted by atomic mass is 16.5. The highest BCUT2D eigenvalue weighted by Crippen LogP contribution is 2.15. The molecule has 122 valence electrons. The normalized spacial score (nSPS) is 13.4. The van der Waals surface area contributed by atoms with E-state index in [9.17, 15) is 4.79 Å². The third kappa shape index (κ3) is 4.10. The molecule has 1 aliphatic rings. The van der Waals surface area contributed by atoms with Crippen molar-refractivity contribution in [3.05, 3.63) is 47.3 Å². The number of aryl methyl sites for hydroxylation is 1. The highest BCUT2D eigenvalue weighted by molar-refractivity contribution is 5.77. The summed E-state index contributed by atoms with van der Waals surface area (Å²) in [5, 5.41) is 7.20. The van der Waals surface area contributed by atoms with Crippen LogP contribution in [0.15, 0.2) is 30.5 Å². The van der Waals surface area contributed by atoms with E-state index in [1.165, 1.54) is 5.69 Å². The number of amides is 1. The van der Waals surface area contributed by atoms with Crippen LogP contribution in [0.5, 0.6) is 5.75 Å². The molecule has 1 aromatic heterocycles. The first kappa shape index (κ1) is 15.6. The van der Waals surface area contributed by atoms with Crippen molar-refractivity contribution >= 4 is 5.91 Å². The van der Waals surface area contributed by atoms with Crippen molar-refractivity contribution in [3.63, 3.8) is 0 Å². The molecule has 0 atom stereocenters. The minimum atomic E-state index is -0.130. The average molecular weight is 315 g/mol. The Hall–Kier alpha value is -2.34. The SMILES string of the molecule is Cc1ccc(OCC(=O)NCCn2ncc3c2CCOC3)cc1. The third-order valence-corrected chi connectivity index (χ3v) is 3.81. The van der Waals surface area contributed by atoms with E-state index in [-0.39, 0.29) is 12.5 Å². The molecule has 3 rings (SSSR count). The van der Waals surface area contributed by atoms with Crippen molar-refractivity contribution in [2.75, 3.05) is 19.8 Å². The molecule has 6 nitrogen and oxygen atoms in total. The van der Waals surface area contributed by atoms with E-state index >= 15 is 0 Å². The molecular formula is C17H21N3O3. The molecular weight excluding hydrogens is 294 g/mol. The fourth-order valence-electron chi connectivity index (χ4n) is 2.54. The van der Waals surface area contributed by atoms with Gasteiger partial charge < -0.3 is 14.8 Å². The van der Waals surface area contributed by atoms with Crippen LogP contribution in [0.4, 0.5) is 0 Å². The van der Waals surface area contributed by atoms with Crippen LogP contribution in [0.3, 0.4) is 0 Å². The van der Waals surface area contributed by atoms with E-state index in [0.29, 0.717) is 25.4 Å². The summed E-state index contributed by atoms with van der Waals surface area (Å²) in [5.41, 5.74) is 3.52. The second-order valence-electron chi connectivity index (χ2n) is 5.59. The Morgan fingerprint density at radius 2 is 2.22 bits per heavy atom. The van der Waals surface area contributed by atoms with Crippen LogP contribution >= 0.6 is 0 Å². The quantitative estimate of drug-likeness (QED) is 0.876. The van der Waals surface area contributed by atoms with Crippen LogP contribution in [0.2, 0.25) is 0 Å². The number of benzene rings is 1. The molecule has 0 spiro atoms. The topological polar surface area (TPSA) is 65.4 Å². The van der Waals surface area contributed by atoms with E-state index in [1.54, 1.807) is 0 Å². The molecule has 1 aliphatic heterocycles. The molecule has 0 radical (unpaired) electrons. The lowest BCUT2D eigenvalue weighted by atomic mass is 10.2. The number of ether oxygens (including phenoxy) is 2. The van der Waals surface area contributed by atoms with Gasteiger partial charge in [0.05, 0.1) is 26.0 Å². The maximum Gasteiger partial charge on any atom is 0.258 e. The fraction of sp³-hybridized carbons (Fsp3) is 0.412. The smallest absolute Gasteiger partial charge is 0.258 e. The minimum absolute atomic E-state index is 0.0219. The molecule has 2 aromatic rings. The van der Waals surface area contributed by atoms with Crippen LogP contribution in [0.25, 0.3) is 0 Å². The molecule has 6 heteroatoms. The molecule has 1 N–H and O–H groups in total. The first-order chi connectivity index (χ1) is 11.2. The van der Waals surface area contributed by atoms with Gasteiger partial charge in [-0.25, -0.2) is 0 Å². The van der Waals surface area contributed by atoms with Gasteiger partial charge in [-0.2, -0.15) is 5.10 Å². The van der Waals surface area contributed by atoms with Gasteiger partial charge in [0, 0.05) is 24.2 Å². The largest absolute Gasteiger partial charge is 0.484 e. The fourth-order valence-corrected chi connectivity index (χ4v) is 2.54. The number of rotatable bonds is 6. The Labute approximate surface area is 135 Å².